The van der Waals surface area contributed by atoms with Crippen LogP contribution in [-0.4, -0.2) is 29.3 Å². The number of carbonyl (C=O) groups excluding carboxylic acids is 1. The standard InChI is InChI=1S/C15H22FNO/c1-5-11(3)17(6-2)12(4)15(18)13-7-9-14(16)10-8-13/h7-12H,5-6H2,1-4H3. The van der Waals surface area contributed by atoms with Crippen molar-refractivity contribution in [1.29, 1.82) is 0 Å². The van der Waals surface area contributed by atoms with E-state index in [1.165, 1.54) is 12.1 Å². The summed E-state index contributed by atoms with van der Waals surface area (Å²) in [6.45, 7) is 9.05. The first-order chi connectivity index (χ1) is 8.51. The quantitative estimate of drug-likeness (QED) is 0.721. The lowest BCUT2D eigenvalue weighted by Gasteiger charge is -2.32. The lowest BCUT2D eigenvalue weighted by molar-refractivity contribution is 0.0782. The monoisotopic (exact) mass is 251 g/mol. The molecule has 0 saturated carbocycles. The molecule has 0 bridgehead atoms. The van der Waals surface area contributed by atoms with E-state index in [1.807, 2.05) is 6.92 Å². The van der Waals surface area contributed by atoms with Gasteiger partial charge < -0.3 is 0 Å². The number of benzene rings is 1. The van der Waals surface area contributed by atoms with Gasteiger partial charge in [0.15, 0.2) is 5.78 Å². The Labute approximate surface area is 109 Å². The Hall–Kier alpha value is -1.22. The van der Waals surface area contributed by atoms with E-state index in [9.17, 15) is 9.18 Å². The summed E-state index contributed by atoms with van der Waals surface area (Å²) in [5.74, 6) is -0.259. The number of likely N-dealkylation sites (N-methyl/N-ethyl adjacent to an activating group) is 1. The molecule has 0 saturated heterocycles. The van der Waals surface area contributed by atoms with Crippen LogP contribution in [0.5, 0.6) is 0 Å². The van der Waals surface area contributed by atoms with Crippen LogP contribution in [0.3, 0.4) is 0 Å². The minimum atomic E-state index is -0.312. The normalized spacial score (nSPS) is 14.6. The molecule has 100 valence electrons. The lowest BCUT2D eigenvalue weighted by Crippen LogP contribution is -2.44. The maximum absolute atomic E-state index is 12.8. The summed E-state index contributed by atoms with van der Waals surface area (Å²) in [6, 6.07) is 5.97. The first kappa shape index (κ1) is 14.8. The fourth-order valence-corrected chi connectivity index (χ4v) is 2.21. The maximum Gasteiger partial charge on any atom is 0.179 e. The van der Waals surface area contributed by atoms with Gasteiger partial charge in [-0.05, 0) is 51.1 Å². The highest BCUT2D eigenvalue weighted by atomic mass is 19.1. The molecule has 1 rings (SSSR count). The van der Waals surface area contributed by atoms with E-state index in [1.54, 1.807) is 12.1 Å². The van der Waals surface area contributed by atoms with Gasteiger partial charge >= 0.3 is 0 Å². The van der Waals surface area contributed by atoms with E-state index in [0.29, 0.717) is 11.6 Å². The van der Waals surface area contributed by atoms with Crippen molar-refractivity contribution in [3.63, 3.8) is 0 Å². The van der Waals surface area contributed by atoms with Gasteiger partial charge in [-0.2, -0.15) is 0 Å². The predicted octanol–water partition coefficient (Wildman–Crippen LogP) is 3.52. The number of halogens is 1. The van der Waals surface area contributed by atoms with Crippen molar-refractivity contribution in [1.82, 2.24) is 4.90 Å². The van der Waals surface area contributed by atoms with Gasteiger partial charge in [-0.3, -0.25) is 9.69 Å². The van der Waals surface area contributed by atoms with Crippen molar-refractivity contribution in [3.05, 3.63) is 35.6 Å². The molecule has 0 N–H and O–H groups in total. The molecule has 0 aliphatic carbocycles. The highest BCUT2D eigenvalue weighted by Gasteiger charge is 2.24. The summed E-state index contributed by atoms with van der Waals surface area (Å²) in [4.78, 5) is 14.5. The summed E-state index contributed by atoms with van der Waals surface area (Å²) in [5, 5.41) is 0. The largest absolute Gasteiger partial charge is 0.292 e. The molecule has 2 nitrogen and oxygen atoms in total. The average molecular weight is 251 g/mol. The number of carbonyl (C=O) groups is 1. The van der Waals surface area contributed by atoms with Crippen molar-refractivity contribution in [2.75, 3.05) is 6.54 Å². The Morgan fingerprint density at radius 2 is 1.78 bits per heavy atom. The molecular formula is C15H22FNO. The fourth-order valence-electron chi connectivity index (χ4n) is 2.21. The third kappa shape index (κ3) is 3.39. The molecule has 0 aliphatic heterocycles. The van der Waals surface area contributed by atoms with Crippen LogP contribution < -0.4 is 0 Å². The number of rotatable bonds is 6. The third-order valence-electron chi connectivity index (χ3n) is 3.53. The molecule has 0 radical (unpaired) electrons. The van der Waals surface area contributed by atoms with Crippen LogP contribution in [0, 0.1) is 5.82 Å². The van der Waals surface area contributed by atoms with Gasteiger partial charge in [0.2, 0.25) is 0 Å². The molecule has 2 unspecified atom stereocenters. The minimum absolute atomic E-state index is 0.0529. The second-order valence-corrected chi connectivity index (χ2v) is 4.63. The number of Topliss-reactive ketones (excluding diaryl/α,β-unsaturated/α-hetero) is 1. The van der Waals surface area contributed by atoms with Crippen LogP contribution in [-0.2, 0) is 0 Å². The van der Waals surface area contributed by atoms with Gasteiger partial charge in [0, 0.05) is 11.6 Å². The highest BCUT2D eigenvalue weighted by molar-refractivity contribution is 5.99. The SMILES string of the molecule is CCC(C)N(CC)C(C)C(=O)c1ccc(F)cc1. The van der Waals surface area contributed by atoms with Crippen LogP contribution in [0.15, 0.2) is 24.3 Å². The van der Waals surface area contributed by atoms with E-state index in [2.05, 4.69) is 25.7 Å². The molecule has 0 heterocycles. The molecule has 2 atom stereocenters. The van der Waals surface area contributed by atoms with E-state index in [0.717, 1.165) is 13.0 Å². The summed E-state index contributed by atoms with van der Waals surface area (Å²) in [7, 11) is 0. The Bertz CT molecular complexity index is 388. The fraction of sp³-hybridized carbons (Fsp3) is 0.533. The van der Waals surface area contributed by atoms with Crippen LogP contribution in [0.4, 0.5) is 4.39 Å². The molecule has 3 heteroatoms. The van der Waals surface area contributed by atoms with Crippen LogP contribution in [0.1, 0.15) is 44.5 Å². The number of hydrogen-bond donors (Lipinski definition) is 0. The van der Waals surface area contributed by atoms with Gasteiger partial charge in [0.25, 0.3) is 0 Å². The molecule has 1 aromatic carbocycles. The van der Waals surface area contributed by atoms with E-state index in [4.69, 9.17) is 0 Å². The molecule has 0 fully saturated rings. The van der Waals surface area contributed by atoms with Crippen molar-refractivity contribution in [2.24, 2.45) is 0 Å². The molecular weight excluding hydrogens is 229 g/mol. The molecule has 0 amide bonds. The van der Waals surface area contributed by atoms with E-state index < -0.39 is 0 Å². The Balaban J connectivity index is 2.85. The maximum atomic E-state index is 12.8. The van der Waals surface area contributed by atoms with Gasteiger partial charge in [-0.15, -0.1) is 0 Å². The Morgan fingerprint density at radius 1 is 1.22 bits per heavy atom. The molecule has 18 heavy (non-hydrogen) atoms. The molecule has 0 aliphatic rings. The summed E-state index contributed by atoms with van der Waals surface area (Å²) >= 11 is 0. The van der Waals surface area contributed by atoms with Crippen molar-refractivity contribution in [3.8, 4) is 0 Å². The lowest BCUT2D eigenvalue weighted by atomic mass is 10.0. The Morgan fingerprint density at radius 3 is 2.22 bits per heavy atom. The molecule has 1 aromatic rings. The van der Waals surface area contributed by atoms with Crippen LogP contribution in [0.2, 0.25) is 0 Å². The summed E-state index contributed by atoms with van der Waals surface area (Å²) in [5.41, 5.74) is 0.575. The van der Waals surface area contributed by atoms with Gasteiger partial charge in [0.1, 0.15) is 5.82 Å². The van der Waals surface area contributed by atoms with Gasteiger partial charge in [-0.25, -0.2) is 4.39 Å². The smallest absolute Gasteiger partial charge is 0.179 e. The average Bonchev–Trinajstić information content (AvgIpc) is 2.39. The first-order valence-electron chi connectivity index (χ1n) is 6.56. The van der Waals surface area contributed by atoms with E-state index >= 15 is 0 Å². The predicted molar refractivity (Wildman–Crippen MR) is 72.3 cm³/mol. The third-order valence-corrected chi connectivity index (χ3v) is 3.53. The van der Waals surface area contributed by atoms with E-state index in [-0.39, 0.29) is 17.6 Å². The van der Waals surface area contributed by atoms with Crippen molar-refractivity contribution in [2.45, 2.75) is 46.2 Å². The zero-order valence-corrected chi connectivity index (χ0v) is 11.6. The molecule has 0 aromatic heterocycles. The second kappa shape index (κ2) is 6.64. The van der Waals surface area contributed by atoms with Crippen LogP contribution in [0.25, 0.3) is 0 Å². The molecule has 0 spiro atoms. The van der Waals surface area contributed by atoms with Crippen molar-refractivity contribution >= 4 is 5.78 Å². The number of hydrogen-bond acceptors (Lipinski definition) is 2. The second-order valence-electron chi connectivity index (χ2n) is 4.63. The minimum Gasteiger partial charge on any atom is -0.292 e. The number of nitrogens with zero attached hydrogens (tertiary/aromatic N) is 1. The zero-order chi connectivity index (χ0) is 13.7. The highest BCUT2D eigenvalue weighted by Crippen LogP contribution is 2.14. The topological polar surface area (TPSA) is 20.3 Å². The summed E-state index contributed by atoms with van der Waals surface area (Å²) in [6.07, 6.45) is 1.01. The van der Waals surface area contributed by atoms with Crippen LogP contribution >= 0.6 is 0 Å². The zero-order valence-electron chi connectivity index (χ0n) is 11.6. The van der Waals surface area contributed by atoms with Crippen molar-refractivity contribution < 1.29 is 9.18 Å². The summed E-state index contributed by atoms with van der Waals surface area (Å²) < 4.78 is 12.8. The Kier molecular flexibility index (Phi) is 5.48. The van der Waals surface area contributed by atoms with Gasteiger partial charge in [0.05, 0.1) is 6.04 Å². The number of ketones is 1. The van der Waals surface area contributed by atoms with Gasteiger partial charge in [-0.1, -0.05) is 13.8 Å². The first-order valence-corrected chi connectivity index (χ1v) is 6.56.